The molecular weight excluding hydrogens is 222 g/mol. The molecule has 14 heavy (non-hydrogen) atoms. The van der Waals surface area contributed by atoms with Crippen LogP contribution in [-0.4, -0.2) is 109 Å². The number of carboxylic acid groups (broad SMARTS) is 2. The summed E-state index contributed by atoms with van der Waals surface area (Å²) in [5, 5.41) is 41.1. The van der Waals surface area contributed by atoms with E-state index in [1.54, 1.807) is 0 Å². The smallest absolute Gasteiger partial charge is 0.370 e. The Hall–Kier alpha value is 0.780. The van der Waals surface area contributed by atoms with Crippen LogP contribution in [0.25, 0.3) is 0 Å². The summed E-state index contributed by atoms with van der Waals surface area (Å²) >= 11 is 0. The maximum Gasteiger partial charge on any atom is 0.370 e. The van der Waals surface area contributed by atoms with E-state index in [4.69, 9.17) is 25.7 Å². The van der Waals surface area contributed by atoms with E-state index in [1.807, 2.05) is 0 Å². The van der Waals surface area contributed by atoms with E-state index in [0.717, 1.165) is 0 Å². The van der Waals surface area contributed by atoms with E-state index >= 15 is 0 Å². The van der Waals surface area contributed by atoms with E-state index in [-0.39, 0.29) is 59.1 Å². The average molecular weight is 228 g/mol. The third-order valence-electron chi connectivity index (χ3n) is 1.05. The first kappa shape index (κ1) is 20.2. The monoisotopic (exact) mass is 228 g/mol. The zero-order valence-electron chi connectivity index (χ0n) is 7.54. The second-order valence-corrected chi connectivity index (χ2v) is 1.83. The van der Waals surface area contributed by atoms with Gasteiger partial charge in [0.05, 0.1) is 0 Å². The molecule has 0 fully saturated rings. The van der Waals surface area contributed by atoms with Crippen molar-refractivity contribution in [2.24, 2.45) is 0 Å². The summed E-state index contributed by atoms with van der Waals surface area (Å²) in [6.07, 6.45) is -2.78. The van der Waals surface area contributed by atoms with E-state index < -0.39 is 23.8 Å². The molecule has 72 valence electrons. The maximum absolute atomic E-state index is 10.0. The third-order valence-corrected chi connectivity index (χ3v) is 1.05. The first-order chi connectivity index (χ1) is 5.36. The maximum atomic E-state index is 10.0. The van der Waals surface area contributed by atoms with Crippen LogP contribution >= 0.6 is 0 Å². The van der Waals surface area contributed by atoms with Crippen molar-refractivity contribution in [3.05, 3.63) is 0 Å². The number of carbonyl (C=O) groups is 2. The van der Waals surface area contributed by atoms with Gasteiger partial charge in [0.25, 0.3) is 0 Å². The molecule has 10 heteroatoms. The van der Waals surface area contributed by atoms with E-state index in [1.165, 1.54) is 0 Å². The molecule has 8 nitrogen and oxygen atoms in total. The zero-order valence-corrected chi connectivity index (χ0v) is 11.5. The zero-order chi connectivity index (χ0) is 9.94. The average Bonchev–Trinajstić information content (AvgIpc) is 2.01. The van der Waals surface area contributed by atoms with Crippen LogP contribution in [0.15, 0.2) is 0 Å². The number of hydrogen-bond acceptors (Lipinski definition) is 6. The summed E-state index contributed by atoms with van der Waals surface area (Å²) in [5.41, 5.74) is 0. The van der Waals surface area contributed by atoms with Crippen molar-refractivity contribution in [3.63, 3.8) is 0 Å². The van der Waals surface area contributed by atoms with Crippen LogP contribution in [0.2, 0.25) is 0 Å². The van der Waals surface area contributed by atoms with E-state index in [2.05, 4.69) is 4.89 Å². The first-order valence-corrected chi connectivity index (χ1v) is 2.55. The van der Waals surface area contributed by atoms with Crippen molar-refractivity contribution in [3.8, 4) is 0 Å². The molecule has 0 aliphatic carbocycles. The van der Waals surface area contributed by atoms with Crippen molar-refractivity contribution < 1.29 is 40.2 Å². The Bertz CT molecular complexity index is 208. The predicted octanol–water partition coefficient (Wildman–Crippen LogP) is -3.07. The number of rotatable bonds is 4. The summed E-state index contributed by atoms with van der Waals surface area (Å²) in [4.78, 5) is 22.9. The van der Waals surface area contributed by atoms with Crippen LogP contribution < -0.4 is 0 Å². The van der Waals surface area contributed by atoms with Gasteiger partial charge in [0.1, 0.15) is 0 Å². The Labute approximate surface area is 122 Å². The summed E-state index contributed by atoms with van der Waals surface area (Å²) < 4.78 is 0. The van der Waals surface area contributed by atoms with Gasteiger partial charge in [-0.25, -0.2) is 14.8 Å². The van der Waals surface area contributed by atoms with Gasteiger partial charge in [0.2, 0.25) is 6.10 Å². The fourth-order valence-electron chi connectivity index (χ4n) is 0.373. The summed E-state index contributed by atoms with van der Waals surface area (Å²) in [6, 6.07) is 0. The molecule has 0 aromatic heterocycles. The topological polar surface area (TPSA) is 145 Å². The third kappa shape index (κ3) is 4.53. The molecule has 2 atom stereocenters. The molecule has 0 saturated carbocycles. The van der Waals surface area contributed by atoms with E-state index in [9.17, 15) is 9.59 Å². The Morgan fingerprint density at radius 1 is 1.21 bits per heavy atom. The SMILES string of the molecule is O=C(O)C(O)C(O)(OO)C(=O)O.[Na].[Na]. The molecule has 0 heterocycles. The molecule has 2 radical (unpaired) electrons. The molecule has 0 spiro atoms. The molecule has 0 aromatic rings. The molecule has 0 aliphatic rings. The minimum absolute atomic E-state index is 0. The number of aliphatic hydroxyl groups excluding tert-OH is 1. The van der Waals surface area contributed by atoms with Gasteiger partial charge in [0.15, 0.2) is 0 Å². The molecular formula is C4H6Na2O8. The standard InChI is InChI=1S/C4H6O8.2Na/c5-1(2(6)7)4(10,12-11)3(8)9;;/h1,5,10-11H,(H,6,7)(H,8,9);;. The van der Waals surface area contributed by atoms with Gasteiger partial charge in [0, 0.05) is 59.1 Å². The van der Waals surface area contributed by atoms with Gasteiger partial charge >= 0.3 is 17.7 Å². The number of hydrogen-bond donors (Lipinski definition) is 5. The van der Waals surface area contributed by atoms with Crippen LogP contribution in [0.1, 0.15) is 0 Å². The fourth-order valence-corrected chi connectivity index (χ4v) is 0.373. The van der Waals surface area contributed by atoms with Gasteiger partial charge in [-0.05, 0) is 0 Å². The Balaban J connectivity index is -0.000000605. The van der Waals surface area contributed by atoms with Crippen molar-refractivity contribution >= 4 is 71.1 Å². The Morgan fingerprint density at radius 3 is 1.64 bits per heavy atom. The summed E-state index contributed by atoms with van der Waals surface area (Å²) in [7, 11) is 0. The first-order valence-electron chi connectivity index (χ1n) is 2.55. The molecule has 2 unspecified atom stereocenters. The van der Waals surface area contributed by atoms with Crippen LogP contribution in [-0.2, 0) is 14.5 Å². The van der Waals surface area contributed by atoms with Crippen molar-refractivity contribution in [1.29, 1.82) is 0 Å². The van der Waals surface area contributed by atoms with Crippen LogP contribution in [0.5, 0.6) is 0 Å². The van der Waals surface area contributed by atoms with Crippen LogP contribution in [0, 0.1) is 0 Å². The molecule has 0 aromatic carbocycles. The molecule has 5 N–H and O–H groups in total. The number of carboxylic acids is 2. The van der Waals surface area contributed by atoms with E-state index in [0.29, 0.717) is 0 Å². The van der Waals surface area contributed by atoms with Gasteiger partial charge < -0.3 is 20.4 Å². The predicted molar refractivity (Wildman–Crippen MR) is 41.5 cm³/mol. The van der Waals surface area contributed by atoms with Gasteiger partial charge in [-0.15, -0.1) is 0 Å². The normalized spacial score (nSPS) is 15.4. The van der Waals surface area contributed by atoms with Gasteiger partial charge in [-0.2, -0.15) is 4.89 Å². The summed E-state index contributed by atoms with van der Waals surface area (Å²) in [5.74, 6) is -7.82. The Morgan fingerprint density at radius 2 is 1.57 bits per heavy atom. The quantitative estimate of drug-likeness (QED) is 0.147. The number of aliphatic hydroxyl groups is 2. The molecule has 0 aliphatic heterocycles. The minimum atomic E-state index is -3.55. The fraction of sp³-hybridized carbons (Fsp3) is 0.500. The van der Waals surface area contributed by atoms with Gasteiger partial charge in [-0.1, -0.05) is 0 Å². The Kier molecular flexibility index (Phi) is 11.5. The van der Waals surface area contributed by atoms with Crippen molar-refractivity contribution in [2.45, 2.75) is 11.9 Å². The number of aliphatic carboxylic acids is 2. The van der Waals surface area contributed by atoms with Crippen molar-refractivity contribution in [2.75, 3.05) is 0 Å². The second-order valence-electron chi connectivity index (χ2n) is 1.83. The molecule has 0 rings (SSSR count). The molecule has 0 bridgehead atoms. The van der Waals surface area contributed by atoms with Gasteiger partial charge in [-0.3, -0.25) is 0 Å². The largest absolute Gasteiger partial charge is 0.479 e. The summed E-state index contributed by atoms with van der Waals surface area (Å²) in [6.45, 7) is 0. The second kappa shape index (κ2) is 7.99. The minimum Gasteiger partial charge on any atom is -0.479 e. The molecule has 0 amide bonds. The van der Waals surface area contributed by atoms with Crippen LogP contribution in [0.4, 0.5) is 0 Å². The van der Waals surface area contributed by atoms with Crippen molar-refractivity contribution in [1.82, 2.24) is 0 Å². The molecule has 0 saturated heterocycles. The van der Waals surface area contributed by atoms with Crippen LogP contribution in [0.3, 0.4) is 0 Å².